The maximum absolute atomic E-state index is 13.3. The molecule has 2 N–H and O–H groups in total. The minimum Gasteiger partial charge on any atom is -0.378 e. The fourth-order valence-corrected chi connectivity index (χ4v) is 2.62. The maximum Gasteiger partial charge on any atom is 0.419 e. The number of alkyl halides is 3. The van der Waals surface area contributed by atoms with Crippen molar-refractivity contribution in [2.24, 2.45) is 5.73 Å². The molecule has 1 aromatic rings. The molecule has 1 saturated heterocycles. The molecular weight excluding hydrogens is 364 g/mol. The van der Waals surface area contributed by atoms with Crippen LogP contribution in [0, 0.1) is 5.82 Å². The van der Waals surface area contributed by atoms with Crippen LogP contribution in [0.1, 0.15) is 35.2 Å². The number of likely N-dealkylation sites (tertiary alicyclic amines) is 1. The summed E-state index contributed by atoms with van der Waals surface area (Å²) >= 11 is 0. The Morgan fingerprint density at radius 3 is 2.48 bits per heavy atom. The van der Waals surface area contributed by atoms with Gasteiger partial charge in [-0.1, -0.05) is 0 Å². The summed E-state index contributed by atoms with van der Waals surface area (Å²) in [7, 11) is 0. The zero-order valence-corrected chi connectivity index (χ0v) is 14.3. The smallest absolute Gasteiger partial charge is 0.378 e. The molecule has 9 heteroatoms. The van der Waals surface area contributed by atoms with E-state index in [9.17, 15) is 22.4 Å². The average molecular weight is 385 g/mol. The minimum absolute atomic E-state index is 0. The van der Waals surface area contributed by atoms with Crippen molar-refractivity contribution in [2.75, 3.05) is 26.2 Å². The predicted octanol–water partition coefficient (Wildman–Crippen LogP) is 3.24. The van der Waals surface area contributed by atoms with Crippen molar-refractivity contribution < 1.29 is 27.1 Å². The van der Waals surface area contributed by atoms with Crippen molar-refractivity contribution in [3.8, 4) is 0 Å². The zero-order chi connectivity index (χ0) is 17.7. The number of hydrogen-bond acceptors (Lipinski definition) is 3. The quantitative estimate of drug-likeness (QED) is 0.626. The first-order valence-corrected chi connectivity index (χ1v) is 7.80. The van der Waals surface area contributed by atoms with Crippen LogP contribution in [0.2, 0.25) is 0 Å². The van der Waals surface area contributed by atoms with Crippen LogP contribution < -0.4 is 5.73 Å². The summed E-state index contributed by atoms with van der Waals surface area (Å²) in [5.41, 5.74) is 3.80. The molecule has 1 fully saturated rings. The van der Waals surface area contributed by atoms with E-state index in [4.69, 9.17) is 10.5 Å². The highest BCUT2D eigenvalue weighted by atomic mass is 35.5. The molecule has 1 aliphatic heterocycles. The summed E-state index contributed by atoms with van der Waals surface area (Å²) in [4.78, 5) is 13.8. The van der Waals surface area contributed by atoms with Gasteiger partial charge in [0.1, 0.15) is 5.82 Å². The average Bonchev–Trinajstić information content (AvgIpc) is 2.54. The molecular formula is C16H21ClF4N2O2. The highest BCUT2D eigenvalue weighted by Crippen LogP contribution is 2.32. The van der Waals surface area contributed by atoms with Crippen LogP contribution in [0.25, 0.3) is 0 Å². The topological polar surface area (TPSA) is 55.6 Å². The largest absolute Gasteiger partial charge is 0.419 e. The molecule has 0 spiro atoms. The second-order valence-electron chi connectivity index (χ2n) is 5.70. The molecule has 4 nitrogen and oxygen atoms in total. The molecule has 1 amide bonds. The van der Waals surface area contributed by atoms with Crippen LogP contribution in [0.4, 0.5) is 17.6 Å². The number of ether oxygens (including phenoxy) is 1. The molecule has 0 atom stereocenters. The lowest BCUT2D eigenvalue weighted by Gasteiger charge is -2.32. The number of rotatable bonds is 5. The molecule has 1 aromatic carbocycles. The summed E-state index contributed by atoms with van der Waals surface area (Å²) in [5, 5.41) is 0. The predicted molar refractivity (Wildman–Crippen MR) is 87.2 cm³/mol. The Kier molecular flexibility index (Phi) is 8.11. The van der Waals surface area contributed by atoms with E-state index in [1.165, 1.54) is 4.90 Å². The van der Waals surface area contributed by atoms with E-state index in [1.54, 1.807) is 0 Å². The third-order valence-electron chi connectivity index (χ3n) is 3.95. The van der Waals surface area contributed by atoms with Crippen LogP contribution in [0.5, 0.6) is 0 Å². The Morgan fingerprint density at radius 2 is 1.92 bits per heavy atom. The summed E-state index contributed by atoms with van der Waals surface area (Å²) in [6, 6.07) is 2.33. The van der Waals surface area contributed by atoms with Gasteiger partial charge in [-0.25, -0.2) is 4.39 Å². The monoisotopic (exact) mass is 384 g/mol. The van der Waals surface area contributed by atoms with Crippen LogP contribution >= 0.6 is 12.4 Å². The number of nitrogens with zero attached hydrogens (tertiary/aromatic N) is 1. The van der Waals surface area contributed by atoms with E-state index in [-0.39, 0.29) is 24.1 Å². The lowest BCUT2D eigenvalue weighted by Crippen LogP contribution is -2.41. The third-order valence-corrected chi connectivity index (χ3v) is 3.95. The zero-order valence-electron chi connectivity index (χ0n) is 13.5. The highest BCUT2D eigenvalue weighted by Gasteiger charge is 2.35. The van der Waals surface area contributed by atoms with Crippen molar-refractivity contribution in [3.05, 3.63) is 35.1 Å². The van der Waals surface area contributed by atoms with Gasteiger partial charge in [-0.15, -0.1) is 12.4 Å². The van der Waals surface area contributed by atoms with Gasteiger partial charge >= 0.3 is 6.18 Å². The Bertz CT molecular complexity index is 576. The van der Waals surface area contributed by atoms with E-state index in [2.05, 4.69) is 0 Å². The number of benzene rings is 1. The van der Waals surface area contributed by atoms with Gasteiger partial charge in [-0.2, -0.15) is 13.2 Å². The first-order chi connectivity index (χ1) is 11.3. The van der Waals surface area contributed by atoms with Crippen LogP contribution in [0.3, 0.4) is 0 Å². The van der Waals surface area contributed by atoms with Crippen LogP contribution in [-0.2, 0) is 10.9 Å². The van der Waals surface area contributed by atoms with Crippen molar-refractivity contribution in [2.45, 2.75) is 31.5 Å². The SMILES string of the molecule is Cl.NCCCOC1CCN(C(=O)c2ccc(F)c(C(F)(F)F)c2)CC1. The summed E-state index contributed by atoms with van der Waals surface area (Å²) in [5.74, 6) is -1.91. The standard InChI is InChI=1S/C16H20F4N2O2.ClH/c17-14-3-2-11(10-13(14)16(18,19)20)15(23)22-7-4-12(5-8-22)24-9-1-6-21;/h2-3,10,12H,1,4-9,21H2;1H. The second kappa shape index (κ2) is 9.35. The van der Waals surface area contributed by atoms with Gasteiger partial charge in [-0.3, -0.25) is 4.79 Å². The lowest BCUT2D eigenvalue weighted by molar-refractivity contribution is -0.140. The normalized spacial score (nSPS) is 15.8. The Balaban J connectivity index is 0.00000312. The molecule has 2 rings (SSSR count). The number of carbonyl (C=O) groups excluding carboxylic acids is 1. The van der Waals surface area contributed by atoms with E-state index in [0.29, 0.717) is 51.2 Å². The van der Waals surface area contributed by atoms with E-state index in [0.717, 1.165) is 12.5 Å². The fourth-order valence-electron chi connectivity index (χ4n) is 2.62. The van der Waals surface area contributed by atoms with Gasteiger partial charge in [0, 0.05) is 25.3 Å². The van der Waals surface area contributed by atoms with Gasteiger partial charge in [0.25, 0.3) is 5.91 Å². The molecule has 0 aromatic heterocycles. The number of carbonyl (C=O) groups is 1. The molecule has 0 aliphatic carbocycles. The Hall–Kier alpha value is -1.38. The summed E-state index contributed by atoms with van der Waals surface area (Å²) in [6.45, 7) is 1.89. The first kappa shape index (κ1) is 21.7. The molecule has 0 bridgehead atoms. The first-order valence-electron chi connectivity index (χ1n) is 7.80. The van der Waals surface area contributed by atoms with Gasteiger partial charge in [0.05, 0.1) is 11.7 Å². The Labute approximate surface area is 149 Å². The number of amides is 1. The van der Waals surface area contributed by atoms with Gasteiger partial charge in [-0.05, 0) is 44.0 Å². The maximum atomic E-state index is 13.3. The molecule has 25 heavy (non-hydrogen) atoms. The number of halogens is 5. The van der Waals surface area contributed by atoms with Crippen molar-refractivity contribution in [1.82, 2.24) is 4.90 Å². The van der Waals surface area contributed by atoms with Gasteiger partial charge in [0.15, 0.2) is 0 Å². The molecule has 1 heterocycles. The number of nitrogens with two attached hydrogens (primary N) is 1. The summed E-state index contributed by atoms with van der Waals surface area (Å²) < 4.78 is 57.1. The second-order valence-corrected chi connectivity index (χ2v) is 5.70. The van der Waals surface area contributed by atoms with E-state index < -0.39 is 23.5 Å². The van der Waals surface area contributed by atoms with E-state index in [1.807, 2.05) is 0 Å². The Morgan fingerprint density at radius 1 is 1.28 bits per heavy atom. The van der Waals surface area contributed by atoms with Crippen molar-refractivity contribution in [1.29, 1.82) is 0 Å². The van der Waals surface area contributed by atoms with Gasteiger partial charge < -0.3 is 15.4 Å². The lowest BCUT2D eigenvalue weighted by atomic mass is 10.0. The molecule has 0 saturated carbocycles. The van der Waals surface area contributed by atoms with Crippen molar-refractivity contribution in [3.63, 3.8) is 0 Å². The highest BCUT2D eigenvalue weighted by molar-refractivity contribution is 5.94. The third kappa shape index (κ3) is 5.83. The number of piperidine rings is 1. The van der Waals surface area contributed by atoms with Gasteiger partial charge in [0.2, 0.25) is 0 Å². The molecule has 1 aliphatic rings. The fraction of sp³-hybridized carbons (Fsp3) is 0.562. The minimum atomic E-state index is -4.83. The molecule has 0 unspecified atom stereocenters. The van der Waals surface area contributed by atoms with Crippen LogP contribution in [-0.4, -0.2) is 43.2 Å². The molecule has 0 radical (unpaired) electrons. The van der Waals surface area contributed by atoms with Crippen LogP contribution in [0.15, 0.2) is 18.2 Å². The van der Waals surface area contributed by atoms with Crippen molar-refractivity contribution >= 4 is 18.3 Å². The van der Waals surface area contributed by atoms with E-state index >= 15 is 0 Å². The number of hydrogen-bond donors (Lipinski definition) is 1. The molecule has 142 valence electrons. The summed E-state index contributed by atoms with van der Waals surface area (Å²) in [6.07, 6.45) is -2.81.